The monoisotopic (exact) mass is 182 g/mol. The number of nitrogens with zero attached hydrogens (tertiary/aromatic N) is 1. The molecule has 0 spiro atoms. The summed E-state index contributed by atoms with van der Waals surface area (Å²) < 4.78 is 0. The molecule has 74 valence electrons. The minimum atomic E-state index is 0.157. The topological polar surface area (TPSA) is 32.3 Å². The molecule has 2 aliphatic heterocycles. The molecule has 0 aromatic rings. The van der Waals surface area contributed by atoms with Gasteiger partial charge in [0.05, 0.1) is 0 Å². The first-order valence-corrected chi connectivity index (χ1v) is 5.32. The number of carbonyl (C=O) groups excluding carboxylic acids is 1. The Labute approximate surface area is 79.5 Å². The van der Waals surface area contributed by atoms with Crippen molar-refractivity contribution in [1.82, 2.24) is 10.2 Å². The Morgan fingerprint density at radius 1 is 1.38 bits per heavy atom. The molecular formula is C10H18N2O. The number of urea groups is 1. The third-order valence-corrected chi connectivity index (χ3v) is 3.20. The summed E-state index contributed by atoms with van der Waals surface area (Å²) in [5, 5.41) is 2.92. The van der Waals surface area contributed by atoms with Gasteiger partial charge >= 0.3 is 6.03 Å². The Hall–Kier alpha value is -0.730. The van der Waals surface area contributed by atoms with E-state index in [4.69, 9.17) is 0 Å². The van der Waals surface area contributed by atoms with Crippen LogP contribution in [0, 0.1) is 5.92 Å². The predicted octanol–water partition coefficient (Wildman–Crippen LogP) is 1.59. The van der Waals surface area contributed by atoms with Crippen LogP contribution in [0.2, 0.25) is 0 Å². The van der Waals surface area contributed by atoms with Gasteiger partial charge in [-0.1, -0.05) is 13.3 Å². The Balaban J connectivity index is 2.08. The zero-order valence-corrected chi connectivity index (χ0v) is 8.25. The van der Waals surface area contributed by atoms with Gasteiger partial charge in [0, 0.05) is 19.1 Å². The van der Waals surface area contributed by atoms with Crippen LogP contribution in [-0.2, 0) is 0 Å². The highest BCUT2D eigenvalue weighted by molar-refractivity contribution is 5.75. The molecule has 2 unspecified atom stereocenters. The van der Waals surface area contributed by atoms with Gasteiger partial charge in [-0.25, -0.2) is 4.79 Å². The molecule has 2 rings (SSSR count). The molecule has 3 heteroatoms. The van der Waals surface area contributed by atoms with E-state index in [0.29, 0.717) is 12.0 Å². The summed E-state index contributed by atoms with van der Waals surface area (Å²) in [4.78, 5) is 13.6. The van der Waals surface area contributed by atoms with E-state index in [-0.39, 0.29) is 6.03 Å². The van der Waals surface area contributed by atoms with Crippen LogP contribution in [0.4, 0.5) is 4.79 Å². The van der Waals surface area contributed by atoms with E-state index in [1.54, 1.807) is 0 Å². The van der Waals surface area contributed by atoms with Gasteiger partial charge in [0.1, 0.15) is 0 Å². The molecule has 0 radical (unpaired) electrons. The third-order valence-electron chi connectivity index (χ3n) is 3.20. The largest absolute Gasteiger partial charge is 0.338 e. The first-order chi connectivity index (χ1) is 6.27. The van der Waals surface area contributed by atoms with Crippen molar-refractivity contribution in [3.63, 3.8) is 0 Å². The maximum atomic E-state index is 11.5. The second kappa shape index (κ2) is 3.56. The molecule has 0 aromatic heterocycles. The predicted molar refractivity (Wildman–Crippen MR) is 51.5 cm³/mol. The van der Waals surface area contributed by atoms with Crippen LogP contribution in [0.3, 0.4) is 0 Å². The number of nitrogens with one attached hydrogen (secondary N) is 1. The summed E-state index contributed by atoms with van der Waals surface area (Å²) in [6, 6.07) is 0.684. The number of carbonyl (C=O) groups is 1. The molecule has 13 heavy (non-hydrogen) atoms. The molecule has 2 amide bonds. The normalized spacial score (nSPS) is 34.8. The minimum absolute atomic E-state index is 0.157. The molecular weight excluding hydrogens is 164 g/mol. The lowest BCUT2D eigenvalue weighted by Gasteiger charge is -2.35. The van der Waals surface area contributed by atoms with Crippen molar-refractivity contribution < 1.29 is 4.79 Å². The van der Waals surface area contributed by atoms with Gasteiger partial charge in [-0.15, -0.1) is 0 Å². The minimum Gasteiger partial charge on any atom is -0.338 e. The highest BCUT2D eigenvalue weighted by Gasteiger charge is 2.30. The van der Waals surface area contributed by atoms with Crippen molar-refractivity contribution in [2.75, 3.05) is 13.1 Å². The second-order valence-corrected chi connectivity index (χ2v) is 4.36. The smallest absolute Gasteiger partial charge is 0.317 e. The Morgan fingerprint density at radius 2 is 2.23 bits per heavy atom. The molecule has 0 saturated carbocycles. The van der Waals surface area contributed by atoms with Crippen LogP contribution in [0.1, 0.15) is 32.6 Å². The van der Waals surface area contributed by atoms with Crippen LogP contribution >= 0.6 is 0 Å². The number of amides is 2. The van der Waals surface area contributed by atoms with Gasteiger partial charge < -0.3 is 10.2 Å². The molecule has 0 bridgehead atoms. The summed E-state index contributed by atoms with van der Waals surface area (Å²) >= 11 is 0. The van der Waals surface area contributed by atoms with Crippen molar-refractivity contribution in [2.24, 2.45) is 5.92 Å². The molecule has 3 nitrogen and oxygen atoms in total. The Bertz CT molecular complexity index is 205. The summed E-state index contributed by atoms with van der Waals surface area (Å²) in [5.74, 6) is 0.675. The molecule has 2 heterocycles. The molecule has 0 aromatic carbocycles. The Kier molecular flexibility index (Phi) is 2.42. The van der Waals surface area contributed by atoms with E-state index in [1.165, 1.54) is 19.3 Å². The highest BCUT2D eigenvalue weighted by Crippen LogP contribution is 2.24. The van der Waals surface area contributed by atoms with Gasteiger partial charge in [-0.2, -0.15) is 0 Å². The van der Waals surface area contributed by atoms with Gasteiger partial charge in [0.2, 0.25) is 0 Å². The van der Waals surface area contributed by atoms with Gasteiger partial charge in [0.25, 0.3) is 0 Å². The number of rotatable bonds is 0. The maximum absolute atomic E-state index is 11.5. The van der Waals surface area contributed by atoms with Crippen LogP contribution in [-0.4, -0.2) is 30.1 Å². The summed E-state index contributed by atoms with van der Waals surface area (Å²) in [6.07, 6.45) is 4.91. The molecule has 1 N–H and O–H groups in total. The third kappa shape index (κ3) is 1.79. The first kappa shape index (κ1) is 8.85. The Morgan fingerprint density at radius 3 is 3.08 bits per heavy atom. The lowest BCUT2D eigenvalue weighted by atomic mass is 10.0. The van der Waals surface area contributed by atoms with Crippen molar-refractivity contribution in [3.8, 4) is 0 Å². The lowest BCUT2D eigenvalue weighted by molar-refractivity contribution is 0.149. The van der Waals surface area contributed by atoms with Gasteiger partial charge in [-0.3, -0.25) is 0 Å². The first-order valence-electron chi connectivity index (χ1n) is 5.32. The second-order valence-electron chi connectivity index (χ2n) is 4.36. The number of hydrogen-bond donors (Lipinski definition) is 1. The summed E-state index contributed by atoms with van der Waals surface area (Å²) in [7, 11) is 0. The molecule has 2 fully saturated rings. The zero-order chi connectivity index (χ0) is 9.26. The van der Waals surface area contributed by atoms with E-state index in [9.17, 15) is 4.79 Å². The fourth-order valence-corrected chi connectivity index (χ4v) is 2.43. The van der Waals surface area contributed by atoms with E-state index in [1.807, 2.05) is 4.90 Å². The van der Waals surface area contributed by atoms with Crippen molar-refractivity contribution in [1.29, 1.82) is 0 Å². The molecule has 2 aliphatic rings. The SMILES string of the molecule is CC1CCCC2CCNC(=O)N2C1. The van der Waals surface area contributed by atoms with E-state index < -0.39 is 0 Å². The fraction of sp³-hybridized carbons (Fsp3) is 0.900. The molecule has 0 aliphatic carbocycles. The van der Waals surface area contributed by atoms with Crippen molar-refractivity contribution >= 4 is 6.03 Å². The van der Waals surface area contributed by atoms with Crippen LogP contribution < -0.4 is 5.32 Å². The summed E-state index contributed by atoms with van der Waals surface area (Å²) in [5.41, 5.74) is 0. The lowest BCUT2D eigenvalue weighted by Crippen LogP contribution is -2.52. The van der Waals surface area contributed by atoms with Crippen molar-refractivity contribution in [3.05, 3.63) is 0 Å². The standard InChI is InChI=1S/C10H18N2O/c1-8-3-2-4-9-5-6-11-10(13)12(9)7-8/h8-9H,2-7H2,1H3,(H,11,13). The number of hydrogen-bond acceptors (Lipinski definition) is 1. The highest BCUT2D eigenvalue weighted by atomic mass is 16.2. The zero-order valence-electron chi connectivity index (χ0n) is 8.25. The number of fused-ring (bicyclic) bond motifs is 1. The maximum Gasteiger partial charge on any atom is 0.317 e. The van der Waals surface area contributed by atoms with Crippen LogP contribution in [0.25, 0.3) is 0 Å². The van der Waals surface area contributed by atoms with Gasteiger partial charge in [0.15, 0.2) is 0 Å². The van der Waals surface area contributed by atoms with Crippen molar-refractivity contribution in [2.45, 2.75) is 38.6 Å². The van der Waals surface area contributed by atoms with E-state index in [0.717, 1.165) is 19.5 Å². The quantitative estimate of drug-likeness (QED) is 0.606. The average molecular weight is 182 g/mol. The van der Waals surface area contributed by atoms with Crippen LogP contribution in [0.5, 0.6) is 0 Å². The van der Waals surface area contributed by atoms with E-state index >= 15 is 0 Å². The van der Waals surface area contributed by atoms with Gasteiger partial charge in [-0.05, 0) is 25.2 Å². The fourth-order valence-electron chi connectivity index (χ4n) is 2.43. The van der Waals surface area contributed by atoms with Crippen LogP contribution in [0.15, 0.2) is 0 Å². The summed E-state index contributed by atoms with van der Waals surface area (Å²) in [6.45, 7) is 4.06. The average Bonchev–Trinajstić information content (AvgIpc) is 2.28. The molecule has 2 saturated heterocycles. The van der Waals surface area contributed by atoms with E-state index in [2.05, 4.69) is 12.2 Å². The molecule has 2 atom stereocenters.